The van der Waals surface area contributed by atoms with E-state index in [-0.39, 0.29) is 17.2 Å². The minimum atomic E-state index is -0.0955. The Bertz CT molecular complexity index is 342. The first kappa shape index (κ1) is 8.34. The third kappa shape index (κ3) is 1.30. The largest absolute Gasteiger partial charge is 0.506 e. The minimum Gasteiger partial charge on any atom is -0.506 e. The van der Waals surface area contributed by atoms with Crippen LogP contribution >= 0.6 is 0 Å². The molecule has 1 aromatic rings. The van der Waals surface area contributed by atoms with E-state index in [9.17, 15) is 5.11 Å². The average molecular weight is 164 g/mol. The Morgan fingerprint density at radius 2 is 2.33 bits per heavy atom. The van der Waals surface area contributed by atoms with Crippen molar-refractivity contribution in [2.24, 2.45) is 0 Å². The number of hydrogen-bond donors (Lipinski definition) is 1. The van der Waals surface area contributed by atoms with Gasteiger partial charge in [-0.05, 0) is 6.92 Å². The van der Waals surface area contributed by atoms with E-state index in [0.29, 0.717) is 5.69 Å². The molecule has 62 valence electrons. The molecule has 12 heavy (non-hydrogen) atoms. The molecule has 0 bridgehead atoms. The molecule has 4 nitrogen and oxygen atoms in total. The summed E-state index contributed by atoms with van der Waals surface area (Å²) in [6, 6.07) is 3.22. The van der Waals surface area contributed by atoms with E-state index >= 15 is 0 Å². The second-order valence-corrected chi connectivity index (χ2v) is 2.28. The summed E-state index contributed by atoms with van der Waals surface area (Å²) in [7, 11) is 1.40. The third-order valence-electron chi connectivity index (χ3n) is 1.40. The van der Waals surface area contributed by atoms with Gasteiger partial charge < -0.3 is 9.84 Å². The highest BCUT2D eigenvalue weighted by atomic mass is 16.5. The molecule has 1 rings (SSSR count). The maximum absolute atomic E-state index is 9.26. The second-order valence-electron chi connectivity index (χ2n) is 2.28. The number of methoxy groups -OCH3 is 1. The summed E-state index contributed by atoms with van der Waals surface area (Å²) in [6.45, 7) is 1.71. The van der Waals surface area contributed by atoms with Crippen LogP contribution in [0.5, 0.6) is 11.6 Å². The van der Waals surface area contributed by atoms with Crippen molar-refractivity contribution in [2.45, 2.75) is 6.92 Å². The first-order valence-electron chi connectivity index (χ1n) is 3.33. The molecule has 0 aliphatic rings. The molecule has 0 spiro atoms. The predicted octanol–water partition coefficient (Wildman–Crippen LogP) is 0.976. The van der Waals surface area contributed by atoms with Crippen LogP contribution in [0.15, 0.2) is 6.07 Å². The van der Waals surface area contributed by atoms with Gasteiger partial charge in [-0.3, -0.25) is 0 Å². The van der Waals surface area contributed by atoms with E-state index in [1.165, 1.54) is 13.2 Å². The molecule has 0 unspecified atom stereocenters. The lowest BCUT2D eigenvalue weighted by atomic mass is 10.2. The number of hydrogen-bond acceptors (Lipinski definition) is 4. The molecule has 1 heterocycles. The number of nitriles is 1. The first-order valence-corrected chi connectivity index (χ1v) is 3.33. The van der Waals surface area contributed by atoms with Crippen LogP contribution in [0.4, 0.5) is 0 Å². The van der Waals surface area contributed by atoms with Crippen LogP contribution in [-0.4, -0.2) is 17.2 Å². The summed E-state index contributed by atoms with van der Waals surface area (Å²) in [5.74, 6) is 0.0665. The molecule has 0 radical (unpaired) electrons. The molecule has 1 aromatic heterocycles. The fraction of sp³-hybridized carbons (Fsp3) is 0.250. The van der Waals surface area contributed by atoms with Crippen LogP contribution in [0.1, 0.15) is 11.3 Å². The number of aryl methyl sites for hydroxylation is 1. The minimum absolute atomic E-state index is 0.0723. The highest BCUT2D eigenvalue weighted by Crippen LogP contribution is 2.24. The van der Waals surface area contributed by atoms with Crippen molar-refractivity contribution in [3.8, 4) is 17.7 Å². The van der Waals surface area contributed by atoms with Gasteiger partial charge in [-0.15, -0.1) is 0 Å². The zero-order valence-electron chi connectivity index (χ0n) is 6.83. The van der Waals surface area contributed by atoms with Crippen LogP contribution in [0.2, 0.25) is 0 Å². The normalized spacial score (nSPS) is 9.08. The molecule has 0 aliphatic heterocycles. The van der Waals surface area contributed by atoms with Gasteiger partial charge in [0.2, 0.25) is 5.88 Å². The summed E-state index contributed by atoms with van der Waals surface area (Å²) in [4.78, 5) is 3.92. The summed E-state index contributed by atoms with van der Waals surface area (Å²) >= 11 is 0. The van der Waals surface area contributed by atoms with Crippen LogP contribution < -0.4 is 4.74 Å². The third-order valence-corrected chi connectivity index (χ3v) is 1.40. The van der Waals surface area contributed by atoms with Crippen molar-refractivity contribution in [2.75, 3.05) is 7.11 Å². The quantitative estimate of drug-likeness (QED) is 0.671. The Morgan fingerprint density at radius 1 is 1.67 bits per heavy atom. The van der Waals surface area contributed by atoms with E-state index < -0.39 is 0 Å². The van der Waals surface area contributed by atoms with Crippen LogP contribution in [-0.2, 0) is 0 Å². The molecular weight excluding hydrogens is 156 g/mol. The Morgan fingerprint density at radius 3 is 2.83 bits per heavy atom. The number of nitrogens with zero attached hydrogens (tertiary/aromatic N) is 2. The molecule has 0 aliphatic carbocycles. The molecule has 0 amide bonds. The monoisotopic (exact) mass is 164 g/mol. The van der Waals surface area contributed by atoms with Crippen molar-refractivity contribution in [1.82, 2.24) is 4.98 Å². The van der Waals surface area contributed by atoms with Gasteiger partial charge in [0.15, 0.2) is 5.56 Å². The Balaban J connectivity index is 3.36. The summed E-state index contributed by atoms with van der Waals surface area (Å²) < 4.78 is 4.80. The maximum atomic E-state index is 9.26. The number of aromatic hydroxyl groups is 1. The van der Waals surface area contributed by atoms with Gasteiger partial charge >= 0.3 is 0 Å². The molecule has 0 saturated heterocycles. The van der Waals surface area contributed by atoms with Crippen molar-refractivity contribution in [3.05, 3.63) is 17.3 Å². The lowest BCUT2D eigenvalue weighted by molar-refractivity contribution is 0.388. The Hall–Kier alpha value is -1.76. The number of pyridine rings is 1. The first-order chi connectivity index (χ1) is 5.69. The lowest BCUT2D eigenvalue weighted by Crippen LogP contribution is -1.94. The van der Waals surface area contributed by atoms with E-state index in [0.717, 1.165) is 0 Å². The molecular formula is C8H8N2O2. The lowest BCUT2D eigenvalue weighted by Gasteiger charge is -2.03. The smallest absolute Gasteiger partial charge is 0.235 e. The summed E-state index contributed by atoms with van der Waals surface area (Å²) in [6.07, 6.45) is 0. The van der Waals surface area contributed by atoms with Gasteiger partial charge in [0.05, 0.1) is 7.11 Å². The molecule has 4 heteroatoms. The number of aromatic nitrogens is 1. The SMILES string of the molecule is COc1nc(C)cc(O)c1C#N. The predicted molar refractivity (Wildman–Crippen MR) is 41.9 cm³/mol. The Labute approximate surface area is 70.0 Å². The van der Waals surface area contributed by atoms with E-state index in [1.807, 2.05) is 0 Å². The highest BCUT2D eigenvalue weighted by Gasteiger charge is 2.09. The summed E-state index contributed by atoms with van der Waals surface area (Å²) in [5.41, 5.74) is 0.687. The number of rotatable bonds is 1. The fourth-order valence-corrected chi connectivity index (χ4v) is 0.881. The molecule has 0 atom stereocenters. The van der Waals surface area contributed by atoms with E-state index in [1.54, 1.807) is 13.0 Å². The van der Waals surface area contributed by atoms with Gasteiger partial charge in [0, 0.05) is 11.8 Å². The van der Waals surface area contributed by atoms with Crippen LogP contribution in [0.3, 0.4) is 0 Å². The van der Waals surface area contributed by atoms with Gasteiger partial charge in [-0.1, -0.05) is 0 Å². The maximum Gasteiger partial charge on any atom is 0.235 e. The highest BCUT2D eigenvalue weighted by molar-refractivity contribution is 5.49. The van der Waals surface area contributed by atoms with E-state index in [4.69, 9.17) is 10.00 Å². The molecule has 0 fully saturated rings. The van der Waals surface area contributed by atoms with Crippen molar-refractivity contribution in [1.29, 1.82) is 5.26 Å². The fourth-order valence-electron chi connectivity index (χ4n) is 0.881. The summed E-state index contributed by atoms with van der Waals surface area (Å²) in [5, 5.41) is 17.9. The van der Waals surface area contributed by atoms with Gasteiger partial charge in [0.25, 0.3) is 0 Å². The van der Waals surface area contributed by atoms with Gasteiger partial charge in [0.1, 0.15) is 11.8 Å². The van der Waals surface area contributed by atoms with Gasteiger partial charge in [-0.25, -0.2) is 4.98 Å². The zero-order valence-corrected chi connectivity index (χ0v) is 6.83. The standard InChI is InChI=1S/C8H8N2O2/c1-5-3-7(11)6(4-9)8(10-5)12-2/h3H,1-2H3,(H,10,11). The van der Waals surface area contributed by atoms with E-state index in [2.05, 4.69) is 4.98 Å². The number of ether oxygens (including phenoxy) is 1. The second kappa shape index (κ2) is 3.09. The van der Waals surface area contributed by atoms with Crippen molar-refractivity contribution >= 4 is 0 Å². The van der Waals surface area contributed by atoms with Crippen LogP contribution in [0.25, 0.3) is 0 Å². The van der Waals surface area contributed by atoms with Gasteiger partial charge in [-0.2, -0.15) is 5.26 Å². The molecule has 1 N–H and O–H groups in total. The Kier molecular flexibility index (Phi) is 2.15. The van der Waals surface area contributed by atoms with Crippen molar-refractivity contribution in [3.63, 3.8) is 0 Å². The topological polar surface area (TPSA) is 66.1 Å². The van der Waals surface area contributed by atoms with Crippen molar-refractivity contribution < 1.29 is 9.84 Å². The molecule has 0 aromatic carbocycles. The average Bonchev–Trinajstić information content (AvgIpc) is 2.03. The molecule has 0 saturated carbocycles. The van der Waals surface area contributed by atoms with Crippen LogP contribution in [0, 0.1) is 18.3 Å². The zero-order chi connectivity index (χ0) is 9.14.